The maximum Gasteiger partial charge on any atom is 0.160 e. The van der Waals surface area contributed by atoms with E-state index in [1.165, 1.54) is 14.2 Å². The third-order valence-electron chi connectivity index (χ3n) is 5.12. The van der Waals surface area contributed by atoms with Crippen LogP contribution in [0, 0.1) is 11.8 Å². The second-order valence-electron chi connectivity index (χ2n) is 6.99. The van der Waals surface area contributed by atoms with Crippen LogP contribution in [0.3, 0.4) is 0 Å². The van der Waals surface area contributed by atoms with Crippen LogP contribution >= 0.6 is 0 Å². The first-order chi connectivity index (χ1) is 13.5. The lowest BCUT2D eigenvalue weighted by molar-refractivity contribution is 0.158. The van der Waals surface area contributed by atoms with E-state index in [0.29, 0.717) is 30.8 Å². The first-order valence-electron chi connectivity index (χ1n) is 9.45. The number of benzene rings is 2. The van der Waals surface area contributed by atoms with Gasteiger partial charge in [-0.3, -0.25) is 0 Å². The van der Waals surface area contributed by atoms with Gasteiger partial charge < -0.3 is 29.9 Å². The fraction of sp³-hybridized carbons (Fsp3) is 0.455. The van der Waals surface area contributed by atoms with Crippen LogP contribution in [-0.2, 0) is 12.8 Å². The highest BCUT2D eigenvalue weighted by Crippen LogP contribution is 2.32. The quantitative estimate of drug-likeness (QED) is 0.471. The van der Waals surface area contributed by atoms with Crippen molar-refractivity contribution >= 4 is 0 Å². The van der Waals surface area contributed by atoms with Crippen LogP contribution in [-0.4, -0.2) is 47.9 Å². The Kier molecular flexibility index (Phi) is 8.42. The fourth-order valence-electron chi connectivity index (χ4n) is 3.57. The van der Waals surface area contributed by atoms with Gasteiger partial charge in [-0.25, -0.2) is 0 Å². The zero-order chi connectivity index (χ0) is 20.5. The number of ether oxygens (including phenoxy) is 2. The van der Waals surface area contributed by atoms with Gasteiger partial charge in [0.1, 0.15) is 0 Å². The molecule has 4 N–H and O–H groups in total. The summed E-state index contributed by atoms with van der Waals surface area (Å²) in [6.07, 6.45) is 2.63. The normalized spacial score (nSPS) is 13.1. The zero-order valence-electron chi connectivity index (χ0n) is 16.5. The molecule has 0 bridgehead atoms. The number of phenolic OH excluding ortho intramolecular Hbond substituents is 2. The van der Waals surface area contributed by atoms with Gasteiger partial charge in [0.25, 0.3) is 0 Å². The number of aliphatic hydroxyl groups is 2. The minimum Gasteiger partial charge on any atom is -0.504 e. The molecule has 0 aliphatic heterocycles. The standard InChI is InChI=1S/C22H30O6/c1-27-21-7-5-15(12-19(21)25)10-17(4-3-9-23)18(14-24)11-16-6-8-22(28-2)20(26)13-16/h5-8,12-13,17-18,23-26H,3-4,9-11,14H2,1-2H3/t17-,18+/m1/s1. The lowest BCUT2D eigenvalue weighted by Crippen LogP contribution is -2.23. The van der Waals surface area contributed by atoms with Crippen LogP contribution in [0.5, 0.6) is 23.0 Å². The summed E-state index contributed by atoms with van der Waals surface area (Å²) in [5.41, 5.74) is 1.85. The molecule has 6 heteroatoms. The molecule has 2 aromatic carbocycles. The van der Waals surface area contributed by atoms with Crippen molar-refractivity contribution in [1.82, 2.24) is 0 Å². The predicted molar refractivity (Wildman–Crippen MR) is 107 cm³/mol. The summed E-state index contributed by atoms with van der Waals surface area (Å²) in [5, 5.41) is 39.3. The second kappa shape index (κ2) is 10.8. The number of methoxy groups -OCH3 is 2. The maximum atomic E-state index is 10.0. The predicted octanol–water partition coefficient (Wildman–Crippen LogP) is 2.90. The van der Waals surface area contributed by atoms with Crippen molar-refractivity contribution < 1.29 is 29.9 Å². The molecule has 0 saturated heterocycles. The average Bonchev–Trinajstić information content (AvgIpc) is 2.69. The Bertz CT molecular complexity index is 746. The smallest absolute Gasteiger partial charge is 0.160 e. The van der Waals surface area contributed by atoms with Crippen molar-refractivity contribution in [3.8, 4) is 23.0 Å². The Hall–Kier alpha value is -2.44. The monoisotopic (exact) mass is 390 g/mol. The Morgan fingerprint density at radius 2 is 1.29 bits per heavy atom. The van der Waals surface area contributed by atoms with Gasteiger partial charge in [-0.1, -0.05) is 12.1 Å². The molecule has 0 amide bonds. The Morgan fingerprint density at radius 3 is 1.68 bits per heavy atom. The summed E-state index contributed by atoms with van der Waals surface area (Å²) in [5.74, 6) is 1.04. The highest BCUT2D eigenvalue weighted by atomic mass is 16.5. The number of rotatable bonds is 11. The molecule has 0 aromatic heterocycles. The van der Waals surface area contributed by atoms with Crippen LogP contribution in [0.25, 0.3) is 0 Å². The van der Waals surface area contributed by atoms with Crippen molar-refractivity contribution in [2.75, 3.05) is 27.4 Å². The molecule has 0 aliphatic carbocycles. The van der Waals surface area contributed by atoms with E-state index in [2.05, 4.69) is 0 Å². The molecule has 0 spiro atoms. The second-order valence-corrected chi connectivity index (χ2v) is 6.99. The molecule has 2 rings (SSSR count). The minimum absolute atomic E-state index is 0.00891. The molecule has 154 valence electrons. The Morgan fingerprint density at radius 1 is 0.786 bits per heavy atom. The molecule has 2 aromatic rings. The van der Waals surface area contributed by atoms with E-state index in [4.69, 9.17) is 9.47 Å². The van der Waals surface area contributed by atoms with Crippen molar-refractivity contribution in [3.63, 3.8) is 0 Å². The van der Waals surface area contributed by atoms with Crippen molar-refractivity contribution in [2.45, 2.75) is 25.7 Å². The van der Waals surface area contributed by atoms with E-state index in [9.17, 15) is 20.4 Å². The molecule has 0 unspecified atom stereocenters. The Balaban J connectivity index is 2.18. The molecule has 0 aliphatic rings. The first-order valence-corrected chi connectivity index (χ1v) is 9.45. The molecule has 0 fully saturated rings. The SMILES string of the molecule is COc1ccc(C[C@@H](CO)[C@H](CCCO)Cc2ccc(OC)c(O)c2)cc1O. The van der Waals surface area contributed by atoms with Gasteiger partial charge in [0.15, 0.2) is 23.0 Å². The largest absolute Gasteiger partial charge is 0.504 e. The molecule has 2 atom stereocenters. The summed E-state index contributed by atoms with van der Waals surface area (Å²) >= 11 is 0. The van der Waals surface area contributed by atoms with E-state index in [1.807, 2.05) is 12.1 Å². The lowest BCUT2D eigenvalue weighted by atomic mass is 9.80. The topological polar surface area (TPSA) is 99.4 Å². The number of hydrogen-bond acceptors (Lipinski definition) is 6. The van der Waals surface area contributed by atoms with Crippen molar-refractivity contribution in [3.05, 3.63) is 47.5 Å². The van der Waals surface area contributed by atoms with Crippen LogP contribution in [0.4, 0.5) is 0 Å². The number of aliphatic hydroxyl groups excluding tert-OH is 2. The number of phenols is 2. The van der Waals surface area contributed by atoms with Gasteiger partial charge in [0.05, 0.1) is 14.2 Å². The van der Waals surface area contributed by atoms with Crippen LogP contribution in [0.2, 0.25) is 0 Å². The summed E-state index contributed by atoms with van der Waals surface area (Å²) < 4.78 is 10.2. The van der Waals surface area contributed by atoms with Crippen LogP contribution in [0.15, 0.2) is 36.4 Å². The number of aromatic hydroxyl groups is 2. The van der Waals surface area contributed by atoms with Gasteiger partial charge in [-0.15, -0.1) is 0 Å². The van der Waals surface area contributed by atoms with Gasteiger partial charge in [-0.05, 0) is 72.9 Å². The zero-order valence-corrected chi connectivity index (χ0v) is 16.5. The molecule has 6 nitrogen and oxygen atoms in total. The number of hydrogen-bond donors (Lipinski definition) is 4. The fourth-order valence-corrected chi connectivity index (χ4v) is 3.57. The maximum absolute atomic E-state index is 10.0. The first kappa shape index (κ1) is 21.9. The van der Waals surface area contributed by atoms with Crippen molar-refractivity contribution in [1.29, 1.82) is 0 Å². The Labute approximate surface area is 166 Å². The van der Waals surface area contributed by atoms with Gasteiger partial charge in [0.2, 0.25) is 0 Å². The van der Waals surface area contributed by atoms with E-state index in [-0.39, 0.29) is 36.5 Å². The third kappa shape index (κ3) is 5.78. The summed E-state index contributed by atoms with van der Waals surface area (Å²) in [7, 11) is 3.01. The van der Waals surface area contributed by atoms with Gasteiger partial charge >= 0.3 is 0 Å². The molecular weight excluding hydrogens is 360 g/mol. The van der Waals surface area contributed by atoms with Gasteiger partial charge in [0, 0.05) is 13.2 Å². The van der Waals surface area contributed by atoms with E-state index in [1.54, 1.807) is 24.3 Å². The average molecular weight is 390 g/mol. The van der Waals surface area contributed by atoms with E-state index >= 15 is 0 Å². The van der Waals surface area contributed by atoms with Crippen molar-refractivity contribution in [2.24, 2.45) is 11.8 Å². The highest BCUT2D eigenvalue weighted by Gasteiger charge is 2.22. The summed E-state index contributed by atoms with van der Waals surface area (Å²) in [6.45, 7) is 0.0802. The lowest BCUT2D eigenvalue weighted by Gasteiger charge is -2.26. The van der Waals surface area contributed by atoms with E-state index in [0.717, 1.165) is 17.5 Å². The molecule has 0 heterocycles. The minimum atomic E-state index is -0.0522. The van der Waals surface area contributed by atoms with Crippen LogP contribution in [0.1, 0.15) is 24.0 Å². The highest BCUT2D eigenvalue weighted by molar-refractivity contribution is 5.42. The molecule has 0 radical (unpaired) electrons. The van der Waals surface area contributed by atoms with Crippen LogP contribution < -0.4 is 9.47 Å². The molecular formula is C22H30O6. The third-order valence-corrected chi connectivity index (χ3v) is 5.12. The summed E-state index contributed by atoms with van der Waals surface area (Å²) in [6, 6.07) is 10.6. The summed E-state index contributed by atoms with van der Waals surface area (Å²) in [4.78, 5) is 0. The molecule has 0 saturated carbocycles. The van der Waals surface area contributed by atoms with Gasteiger partial charge in [-0.2, -0.15) is 0 Å². The van der Waals surface area contributed by atoms with E-state index < -0.39 is 0 Å². The molecule has 28 heavy (non-hydrogen) atoms.